The molecule has 2 aromatic rings. The molecule has 1 saturated heterocycles. The number of aromatic nitrogens is 4. The number of benzene rings is 1. The maximum Gasteiger partial charge on any atom is 0.220 e. The first-order chi connectivity index (χ1) is 15.3. The molecule has 32 heavy (non-hydrogen) atoms. The fraction of sp³-hybridized carbons (Fsp3) is 0.636. The molecule has 1 aromatic heterocycles. The first-order valence-electron chi connectivity index (χ1n) is 10.9. The molecule has 1 atom stereocenters. The number of tetrazole rings is 1. The molecule has 1 aliphatic heterocycles. The van der Waals surface area contributed by atoms with E-state index in [0.717, 1.165) is 17.8 Å². The van der Waals surface area contributed by atoms with Gasteiger partial charge in [0.05, 0.1) is 32.9 Å². The number of nitrogens with zero attached hydrogens (tertiary/aromatic N) is 5. The number of ether oxygens (including phenoxy) is 3. The van der Waals surface area contributed by atoms with E-state index in [4.69, 9.17) is 19.9 Å². The van der Waals surface area contributed by atoms with Crippen LogP contribution in [0.2, 0.25) is 0 Å². The molecule has 176 valence electrons. The van der Waals surface area contributed by atoms with Crippen LogP contribution < -0.4 is 19.9 Å². The summed E-state index contributed by atoms with van der Waals surface area (Å²) in [6, 6.07) is 3.60. The van der Waals surface area contributed by atoms with Crippen molar-refractivity contribution in [2.24, 2.45) is 11.7 Å². The lowest BCUT2D eigenvalue weighted by Crippen LogP contribution is -2.42. The van der Waals surface area contributed by atoms with E-state index in [1.807, 2.05) is 16.8 Å². The Kier molecular flexibility index (Phi) is 7.22. The molecule has 2 N–H and O–H groups in total. The molecular weight excluding hydrogens is 412 g/mol. The molecular formula is C22H34N6O4. The van der Waals surface area contributed by atoms with Crippen LogP contribution in [0.4, 0.5) is 0 Å². The summed E-state index contributed by atoms with van der Waals surface area (Å²) >= 11 is 0. The molecule has 1 aliphatic rings. The summed E-state index contributed by atoms with van der Waals surface area (Å²) in [7, 11) is 4.77. The van der Waals surface area contributed by atoms with Crippen LogP contribution >= 0.6 is 0 Å². The highest BCUT2D eigenvalue weighted by atomic mass is 16.5. The Morgan fingerprint density at radius 2 is 1.75 bits per heavy atom. The number of amides is 1. The molecule has 0 saturated carbocycles. The Labute approximate surface area is 189 Å². The van der Waals surface area contributed by atoms with E-state index in [1.54, 1.807) is 21.3 Å². The summed E-state index contributed by atoms with van der Waals surface area (Å²) < 4.78 is 18.6. The Bertz CT molecular complexity index is 911. The highest BCUT2D eigenvalue weighted by Crippen LogP contribution is 2.43. The van der Waals surface area contributed by atoms with Crippen LogP contribution in [-0.4, -0.2) is 65.4 Å². The molecule has 10 nitrogen and oxygen atoms in total. The third-order valence-electron chi connectivity index (χ3n) is 6.48. The fourth-order valence-corrected chi connectivity index (χ4v) is 4.17. The predicted molar refractivity (Wildman–Crippen MR) is 119 cm³/mol. The van der Waals surface area contributed by atoms with Gasteiger partial charge in [-0.25, -0.2) is 4.68 Å². The maximum absolute atomic E-state index is 11.7. The summed E-state index contributed by atoms with van der Waals surface area (Å²) in [6.45, 7) is 7.71. The molecule has 2 heterocycles. The second-order valence-electron chi connectivity index (χ2n) is 8.69. The summed E-state index contributed by atoms with van der Waals surface area (Å²) in [6.07, 6.45) is 2.24. The lowest BCUT2D eigenvalue weighted by molar-refractivity contribution is -0.123. The van der Waals surface area contributed by atoms with Crippen LogP contribution in [0.25, 0.3) is 0 Å². The van der Waals surface area contributed by atoms with Crippen molar-refractivity contribution in [2.45, 2.75) is 51.6 Å². The van der Waals surface area contributed by atoms with E-state index in [0.29, 0.717) is 43.2 Å². The van der Waals surface area contributed by atoms with Crippen LogP contribution in [0.5, 0.6) is 17.2 Å². The van der Waals surface area contributed by atoms with E-state index >= 15 is 0 Å². The summed E-state index contributed by atoms with van der Waals surface area (Å²) in [5.41, 5.74) is 6.20. The van der Waals surface area contributed by atoms with Gasteiger partial charge in [0.1, 0.15) is 0 Å². The quantitative estimate of drug-likeness (QED) is 0.622. The SMILES string of the molecule is CCC(C)(C)n1nnnc1[C@@H](c1cc(OC)c(OC)c(OC)c1)N1CCC(C(N)=O)CC1. The summed E-state index contributed by atoms with van der Waals surface area (Å²) in [5.74, 6) is 2.02. The van der Waals surface area contributed by atoms with Gasteiger partial charge in [0, 0.05) is 5.92 Å². The number of hydrogen-bond donors (Lipinski definition) is 1. The fourth-order valence-electron chi connectivity index (χ4n) is 4.17. The smallest absolute Gasteiger partial charge is 0.220 e. The highest BCUT2D eigenvalue weighted by molar-refractivity contribution is 5.76. The zero-order chi connectivity index (χ0) is 23.5. The van der Waals surface area contributed by atoms with E-state index in [1.165, 1.54) is 0 Å². The average molecular weight is 447 g/mol. The number of primary amides is 1. The van der Waals surface area contributed by atoms with E-state index < -0.39 is 0 Å². The summed E-state index contributed by atoms with van der Waals surface area (Å²) in [5, 5.41) is 12.8. The average Bonchev–Trinajstić information content (AvgIpc) is 3.29. The minimum atomic E-state index is -0.275. The lowest BCUT2D eigenvalue weighted by Gasteiger charge is -2.37. The number of methoxy groups -OCH3 is 3. The van der Waals surface area contributed by atoms with Crippen molar-refractivity contribution >= 4 is 5.91 Å². The Morgan fingerprint density at radius 1 is 1.16 bits per heavy atom. The van der Waals surface area contributed by atoms with Crippen LogP contribution in [0, 0.1) is 5.92 Å². The monoisotopic (exact) mass is 446 g/mol. The topological polar surface area (TPSA) is 118 Å². The molecule has 1 aromatic carbocycles. The van der Waals surface area contributed by atoms with E-state index in [2.05, 4.69) is 41.2 Å². The van der Waals surface area contributed by atoms with Crippen molar-refractivity contribution in [3.63, 3.8) is 0 Å². The highest BCUT2D eigenvalue weighted by Gasteiger charge is 2.36. The van der Waals surface area contributed by atoms with Gasteiger partial charge in [0.15, 0.2) is 17.3 Å². The Morgan fingerprint density at radius 3 is 2.22 bits per heavy atom. The van der Waals surface area contributed by atoms with Crippen molar-refractivity contribution in [3.8, 4) is 17.2 Å². The molecule has 0 bridgehead atoms. The van der Waals surface area contributed by atoms with Gasteiger partial charge in [0.2, 0.25) is 11.7 Å². The third kappa shape index (κ3) is 4.50. The normalized spacial score (nSPS) is 16.6. The molecule has 0 aliphatic carbocycles. The van der Waals surface area contributed by atoms with Crippen LogP contribution in [0.1, 0.15) is 57.5 Å². The zero-order valence-corrected chi connectivity index (χ0v) is 19.8. The van der Waals surface area contributed by atoms with Crippen molar-refractivity contribution in [1.82, 2.24) is 25.1 Å². The van der Waals surface area contributed by atoms with Crippen LogP contribution in [0.15, 0.2) is 12.1 Å². The molecule has 3 rings (SSSR count). The summed E-state index contributed by atoms with van der Waals surface area (Å²) in [4.78, 5) is 14.0. The van der Waals surface area contributed by atoms with Crippen LogP contribution in [0.3, 0.4) is 0 Å². The number of carbonyl (C=O) groups excluding carboxylic acids is 1. The van der Waals surface area contributed by atoms with Gasteiger partial charge in [-0.1, -0.05) is 6.92 Å². The number of piperidine rings is 1. The minimum absolute atomic E-state index is 0.116. The van der Waals surface area contributed by atoms with Gasteiger partial charge in [-0.3, -0.25) is 9.69 Å². The van der Waals surface area contributed by atoms with E-state index in [9.17, 15) is 4.79 Å². The van der Waals surface area contributed by atoms with Gasteiger partial charge in [0.25, 0.3) is 0 Å². The zero-order valence-electron chi connectivity index (χ0n) is 19.8. The van der Waals surface area contributed by atoms with Gasteiger partial charge in [-0.2, -0.15) is 0 Å². The van der Waals surface area contributed by atoms with Crippen molar-refractivity contribution in [3.05, 3.63) is 23.5 Å². The van der Waals surface area contributed by atoms with Crippen molar-refractivity contribution < 1.29 is 19.0 Å². The predicted octanol–water partition coefficient (Wildman–Crippen LogP) is 2.13. The Balaban J connectivity index is 2.13. The molecule has 1 fully saturated rings. The second-order valence-corrected chi connectivity index (χ2v) is 8.69. The standard InChI is InChI=1S/C22H34N6O4/c1-7-22(2,3)28-21(24-25-26-28)18(27-10-8-14(9-11-27)20(23)29)15-12-16(30-4)19(32-6)17(13-15)31-5/h12-14,18H,7-11H2,1-6H3,(H2,23,29)/t18-/m1/s1. The van der Waals surface area contributed by atoms with Gasteiger partial charge in [-0.15, -0.1) is 5.10 Å². The molecule has 10 heteroatoms. The van der Waals surface area contributed by atoms with Gasteiger partial charge < -0.3 is 19.9 Å². The number of likely N-dealkylation sites (tertiary alicyclic amines) is 1. The molecule has 0 unspecified atom stereocenters. The molecule has 0 spiro atoms. The largest absolute Gasteiger partial charge is 0.493 e. The lowest BCUT2D eigenvalue weighted by atomic mass is 9.92. The number of nitrogens with two attached hydrogens (primary N) is 1. The van der Waals surface area contributed by atoms with Gasteiger partial charge >= 0.3 is 0 Å². The minimum Gasteiger partial charge on any atom is -0.493 e. The van der Waals surface area contributed by atoms with Crippen LogP contribution in [-0.2, 0) is 10.3 Å². The number of hydrogen-bond acceptors (Lipinski definition) is 8. The van der Waals surface area contributed by atoms with E-state index in [-0.39, 0.29) is 23.4 Å². The first kappa shape index (κ1) is 23.8. The molecule has 1 amide bonds. The first-order valence-corrected chi connectivity index (χ1v) is 10.9. The van der Waals surface area contributed by atoms with Gasteiger partial charge in [-0.05, 0) is 74.3 Å². The second kappa shape index (κ2) is 9.72. The molecule has 0 radical (unpaired) electrons. The number of carbonyl (C=O) groups is 1. The van der Waals surface area contributed by atoms with Crippen molar-refractivity contribution in [1.29, 1.82) is 0 Å². The van der Waals surface area contributed by atoms with Crippen molar-refractivity contribution in [2.75, 3.05) is 34.4 Å². The Hall–Kier alpha value is -2.88. The maximum atomic E-state index is 11.7. The number of rotatable bonds is 9. The third-order valence-corrected chi connectivity index (χ3v) is 6.48.